The number of hydrogen-bond acceptors (Lipinski definition) is 5. The normalized spacial score (nSPS) is 11.7. The summed E-state index contributed by atoms with van der Waals surface area (Å²) in [4.78, 5) is 11.3. The van der Waals surface area contributed by atoms with E-state index < -0.39 is 16.0 Å². The number of nitrogens with two attached hydrogens (primary N) is 1. The summed E-state index contributed by atoms with van der Waals surface area (Å²) < 4.78 is 30.8. The number of rotatable bonds is 6. The molecule has 8 heteroatoms. The number of hydrogen-bond donors (Lipinski definition) is 1. The van der Waals surface area contributed by atoms with Crippen molar-refractivity contribution in [2.75, 3.05) is 25.9 Å². The molecule has 0 atom stereocenters. The molecule has 1 aromatic rings. The van der Waals surface area contributed by atoms with Gasteiger partial charge >= 0.3 is 5.97 Å². The molecule has 0 unspecified atom stereocenters. The number of halogens is 1. The predicted octanol–water partition coefficient (Wildman–Crippen LogP) is 1.80. The van der Waals surface area contributed by atoms with Crippen molar-refractivity contribution in [1.29, 1.82) is 0 Å². The van der Waals surface area contributed by atoms with Crippen LogP contribution in [-0.4, -0.2) is 38.9 Å². The predicted molar refractivity (Wildman–Crippen MR) is 81.7 cm³/mol. The molecule has 0 radical (unpaired) electrons. The lowest BCUT2D eigenvalue weighted by atomic mass is 10.2. The van der Waals surface area contributed by atoms with Gasteiger partial charge in [0.05, 0.1) is 17.9 Å². The van der Waals surface area contributed by atoms with Gasteiger partial charge in [-0.1, -0.05) is 11.6 Å². The van der Waals surface area contributed by atoms with E-state index in [2.05, 4.69) is 0 Å². The van der Waals surface area contributed by atoms with E-state index in [-0.39, 0.29) is 29.5 Å². The molecule has 0 heterocycles. The van der Waals surface area contributed by atoms with Crippen molar-refractivity contribution in [1.82, 2.24) is 4.31 Å². The zero-order valence-corrected chi connectivity index (χ0v) is 13.8. The first-order valence-electron chi connectivity index (χ1n) is 6.37. The van der Waals surface area contributed by atoms with Gasteiger partial charge in [-0.25, -0.2) is 12.7 Å². The lowest BCUT2D eigenvalue weighted by Gasteiger charge is -2.19. The van der Waals surface area contributed by atoms with Gasteiger partial charge in [0.15, 0.2) is 0 Å². The maximum Gasteiger partial charge on any atom is 0.307 e. The van der Waals surface area contributed by atoms with Crippen molar-refractivity contribution in [2.24, 2.45) is 0 Å². The fourth-order valence-corrected chi connectivity index (χ4v) is 3.45. The summed E-state index contributed by atoms with van der Waals surface area (Å²) in [7, 11) is -2.37. The van der Waals surface area contributed by atoms with Gasteiger partial charge in [0.25, 0.3) is 0 Å². The SMILES string of the molecule is CCOC(=O)CCN(C)S(=O)(=O)c1cc(Cl)cc(N)c1C. The molecule has 0 amide bonds. The molecule has 1 aromatic carbocycles. The topological polar surface area (TPSA) is 89.7 Å². The summed E-state index contributed by atoms with van der Waals surface area (Å²) in [6, 6.07) is 2.85. The largest absolute Gasteiger partial charge is 0.466 e. The molecular weight excluding hydrogens is 316 g/mol. The van der Waals surface area contributed by atoms with E-state index in [0.717, 1.165) is 4.31 Å². The lowest BCUT2D eigenvalue weighted by Crippen LogP contribution is -2.30. The van der Waals surface area contributed by atoms with E-state index in [9.17, 15) is 13.2 Å². The van der Waals surface area contributed by atoms with Crippen LogP contribution in [-0.2, 0) is 19.6 Å². The van der Waals surface area contributed by atoms with E-state index in [0.29, 0.717) is 11.3 Å². The Morgan fingerprint density at radius 3 is 2.62 bits per heavy atom. The Hall–Kier alpha value is -1.31. The molecule has 0 aliphatic rings. The van der Waals surface area contributed by atoms with E-state index in [1.54, 1.807) is 13.8 Å². The number of anilines is 1. The zero-order chi connectivity index (χ0) is 16.2. The van der Waals surface area contributed by atoms with Gasteiger partial charge in [-0.15, -0.1) is 0 Å². The maximum atomic E-state index is 12.5. The number of nitrogens with zero attached hydrogens (tertiary/aromatic N) is 1. The van der Waals surface area contributed by atoms with Crippen LogP contribution in [0.2, 0.25) is 5.02 Å². The number of sulfonamides is 1. The average Bonchev–Trinajstić information content (AvgIpc) is 2.40. The van der Waals surface area contributed by atoms with Crippen molar-refractivity contribution in [3.63, 3.8) is 0 Å². The van der Waals surface area contributed by atoms with Gasteiger partial charge < -0.3 is 10.5 Å². The molecule has 0 aromatic heterocycles. The van der Waals surface area contributed by atoms with Crippen LogP contribution in [0.3, 0.4) is 0 Å². The third-order valence-corrected chi connectivity index (χ3v) is 5.19. The van der Waals surface area contributed by atoms with E-state index >= 15 is 0 Å². The van der Waals surface area contributed by atoms with Crippen LogP contribution in [0, 0.1) is 6.92 Å². The van der Waals surface area contributed by atoms with Gasteiger partial charge in [0.2, 0.25) is 10.0 Å². The summed E-state index contributed by atoms with van der Waals surface area (Å²) in [6.45, 7) is 3.58. The van der Waals surface area contributed by atoms with Crippen LogP contribution in [0.5, 0.6) is 0 Å². The minimum atomic E-state index is -3.76. The monoisotopic (exact) mass is 334 g/mol. The molecule has 6 nitrogen and oxygen atoms in total. The molecule has 118 valence electrons. The van der Waals surface area contributed by atoms with Gasteiger partial charge in [0, 0.05) is 24.3 Å². The van der Waals surface area contributed by atoms with Crippen LogP contribution in [0.25, 0.3) is 0 Å². The molecular formula is C13H19ClN2O4S. The van der Waals surface area contributed by atoms with Crippen LogP contribution in [0.4, 0.5) is 5.69 Å². The molecule has 0 spiro atoms. The molecule has 2 N–H and O–H groups in total. The maximum absolute atomic E-state index is 12.5. The number of carbonyl (C=O) groups is 1. The fraction of sp³-hybridized carbons (Fsp3) is 0.462. The summed E-state index contributed by atoms with van der Waals surface area (Å²) >= 11 is 5.86. The molecule has 0 saturated heterocycles. The lowest BCUT2D eigenvalue weighted by molar-refractivity contribution is -0.143. The van der Waals surface area contributed by atoms with Gasteiger partial charge in [-0.05, 0) is 31.5 Å². The Labute approximate surface area is 129 Å². The number of esters is 1. The highest BCUT2D eigenvalue weighted by molar-refractivity contribution is 7.89. The minimum absolute atomic E-state index is 0.0152. The standard InChI is InChI=1S/C13H19ClN2O4S/c1-4-20-13(17)5-6-16(3)21(18,19)12-8-10(14)7-11(15)9(12)2/h7-8H,4-6,15H2,1-3H3. The average molecular weight is 335 g/mol. The van der Waals surface area contributed by atoms with Crippen molar-refractivity contribution >= 4 is 33.3 Å². The molecule has 0 aliphatic heterocycles. The van der Waals surface area contributed by atoms with E-state index in [1.165, 1.54) is 19.2 Å². The van der Waals surface area contributed by atoms with Crippen molar-refractivity contribution < 1.29 is 17.9 Å². The van der Waals surface area contributed by atoms with E-state index in [1.807, 2.05) is 0 Å². The summed E-state index contributed by atoms with van der Waals surface area (Å²) in [6.07, 6.45) is -0.0152. The molecule has 1 rings (SSSR count). The second-order valence-electron chi connectivity index (χ2n) is 4.50. The Morgan fingerprint density at radius 1 is 1.43 bits per heavy atom. The van der Waals surface area contributed by atoms with E-state index in [4.69, 9.17) is 22.1 Å². The molecule has 0 saturated carbocycles. The van der Waals surface area contributed by atoms with Crippen LogP contribution >= 0.6 is 11.6 Å². The van der Waals surface area contributed by atoms with Crippen molar-refractivity contribution in [3.05, 3.63) is 22.7 Å². The fourth-order valence-electron chi connectivity index (χ4n) is 1.71. The first-order valence-corrected chi connectivity index (χ1v) is 8.19. The van der Waals surface area contributed by atoms with Gasteiger partial charge in [-0.3, -0.25) is 4.79 Å². The highest BCUT2D eigenvalue weighted by Crippen LogP contribution is 2.27. The Morgan fingerprint density at radius 2 is 2.05 bits per heavy atom. The quantitative estimate of drug-likeness (QED) is 0.633. The Bertz CT molecular complexity index is 631. The Kier molecular flexibility index (Phi) is 6.00. The Balaban J connectivity index is 2.98. The summed E-state index contributed by atoms with van der Waals surface area (Å²) in [5, 5.41) is 0.246. The number of ether oxygens (including phenoxy) is 1. The van der Waals surface area contributed by atoms with Gasteiger partial charge in [0.1, 0.15) is 0 Å². The zero-order valence-electron chi connectivity index (χ0n) is 12.2. The van der Waals surface area contributed by atoms with Gasteiger partial charge in [-0.2, -0.15) is 0 Å². The highest BCUT2D eigenvalue weighted by Gasteiger charge is 2.24. The molecule has 0 fully saturated rings. The number of carbonyl (C=O) groups excluding carboxylic acids is 1. The number of benzene rings is 1. The smallest absolute Gasteiger partial charge is 0.307 e. The van der Waals surface area contributed by atoms with Crippen molar-refractivity contribution in [3.8, 4) is 0 Å². The molecule has 0 bridgehead atoms. The minimum Gasteiger partial charge on any atom is -0.466 e. The summed E-state index contributed by atoms with van der Waals surface area (Å²) in [5.41, 5.74) is 6.48. The van der Waals surface area contributed by atoms with Crippen LogP contribution < -0.4 is 5.73 Å². The van der Waals surface area contributed by atoms with Crippen LogP contribution in [0.1, 0.15) is 18.9 Å². The van der Waals surface area contributed by atoms with Crippen molar-refractivity contribution in [2.45, 2.75) is 25.2 Å². The second-order valence-corrected chi connectivity index (χ2v) is 6.95. The molecule has 0 aliphatic carbocycles. The first kappa shape index (κ1) is 17.7. The third-order valence-electron chi connectivity index (χ3n) is 2.99. The second kappa shape index (κ2) is 7.11. The van der Waals surface area contributed by atoms with Crippen LogP contribution in [0.15, 0.2) is 17.0 Å². The number of nitrogen functional groups attached to an aromatic ring is 1. The third kappa shape index (κ3) is 4.33. The highest BCUT2D eigenvalue weighted by atomic mass is 35.5. The summed E-state index contributed by atoms with van der Waals surface area (Å²) in [5.74, 6) is -0.443. The molecule has 21 heavy (non-hydrogen) atoms. The first-order chi connectivity index (χ1) is 9.70.